The summed E-state index contributed by atoms with van der Waals surface area (Å²) in [5, 5.41) is 10.7. The second kappa shape index (κ2) is 5.50. The fourth-order valence-corrected chi connectivity index (χ4v) is 2.11. The van der Waals surface area contributed by atoms with Crippen molar-refractivity contribution in [2.24, 2.45) is 0 Å². The molecule has 0 unspecified atom stereocenters. The van der Waals surface area contributed by atoms with Crippen LogP contribution < -0.4 is 5.56 Å². The van der Waals surface area contributed by atoms with Gasteiger partial charge in [0, 0.05) is 22.7 Å². The molecule has 2 rings (SSSR count). The van der Waals surface area contributed by atoms with E-state index < -0.39 is 4.92 Å². The number of rotatable bonds is 3. The number of non-ortho nitro benzene ring substituents is 1. The molecule has 6 nitrogen and oxygen atoms in total. The lowest BCUT2D eigenvalue weighted by atomic mass is 10.2. The van der Waals surface area contributed by atoms with E-state index in [4.69, 9.17) is 11.6 Å². The third-order valence-electron chi connectivity index (χ3n) is 2.43. The smallest absolute Gasteiger partial charge is 0.270 e. The summed E-state index contributed by atoms with van der Waals surface area (Å²) in [4.78, 5) is 25.6. The summed E-state index contributed by atoms with van der Waals surface area (Å²) in [6.07, 6.45) is 1.33. The SMILES string of the molecule is O=c1cc(Cl)ncn1Cc1ccc([N+](=O)[O-])cc1Br. The second-order valence-corrected chi connectivity index (χ2v) is 4.95. The molecule has 1 heterocycles. The first-order valence-corrected chi connectivity index (χ1v) is 6.29. The molecule has 0 bridgehead atoms. The summed E-state index contributed by atoms with van der Waals surface area (Å²) >= 11 is 8.84. The Bertz CT molecular complexity index is 702. The van der Waals surface area contributed by atoms with E-state index in [0.29, 0.717) is 4.47 Å². The first kappa shape index (κ1) is 13.7. The molecule has 0 N–H and O–H groups in total. The van der Waals surface area contributed by atoms with Gasteiger partial charge in [-0.3, -0.25) is 19.5 Å². The van der Waals surface area contributed by atoms with Gasteiger partial charge in [0.15, 0.2) is 0 Å². The molecule has 98 valence electrons. The van der Waals surface area contributed by atoms with E-state index in [1.54, 1.807) is 6.07 Å². The lowest BCUT2D eigenvalue weighted by Gasteiger charge is -2.07. The molecule has 0 saturated heterocycles. The number of hydrogen-bond acceptors (Lipinski definition) is 4. The monoisotopic (exact) mass is 343 g/mol. The van der Waals surface area contributed by atoms with Gasteiger partial charge in [0.2, 0.25) is 0 Å². The maximum Gasteiger partial charge on any atom is 0.270 e. The van der Waals surface area contributed by atoms with Crippen LogP contribution in [0.2, 0.25) is 5.15 Å². The highest BCUT2D eigenvalue weighted by Crippen LogP contribution is 2.23. The molecule has 0 aliphatic carbocycles. The Morgan fingerprint density at radius 3 is 2.74 bits per heavy atom. The van der Waals surface area contributed by atoms with E-state index in [1.807, 2.05) is 0 Å². The van der Waals surface area contributed by atoms with Gasteiger partial charge in [-0.1, -0.05) is 27.5 Å². The standard InChI is InChI=1S/C11H7BrClN3O3/c12-9-3-8(16(18)19)2-1-7(9)5-15-6-14-10(13)4-11(15)17/h1-4,6H,5H2. The molecule has 0 fully saturated rings. The molecule has 0 spiro atoms. The highest BCUT2D eigenvalue weighted by molar-refractivity contribution is 9.10. The van der Waals surface area contributed by atoms with Gasteiger partial charge in [-0.05, 0) is 11.6 Å². The van der Waals surface area contributed by atoms with Crippen LogP contribution in [-0.4, -0.2) is 14.5 Å². The third-order valence-corrected chi connectivity index (χ3v) is 3.38. The summed E-state index contributed by atoms with van der Waals surface area (Å²) in [6, 6.07) is 5.57. The predicted octanol–water partition coefficient (Wildman–Crippen LogP) is 2.62. The zero-order valence-electron chi connectivity index (χ0n) is 9.42. The first-order chi connectivity index (χ1) is 8.97. The van der Waals surface area contributed by atoms with Crippen LogP contribution in [0.5, 0.6) is 0 Å². The van der Waals surface area contributed by atoms with Crippen molar-refractivity contribution in [2.45, 2.75) is 6.54 Å². The van der Waals surface area contributed by atoms with Gasteiger partial charge in [-0.25, -0.2) is 4.98 Å². The Morgan fingerprint density at radius 1 is 1.42 bits per heavy atom. The lowest BCUT2D eigenvalue weighted by molar-refractivity contribution is -0.384. The second-order valence-electron chi connectivity index (χ2n) is 3.71. The van der Waals surface area contributed by atoms with Crippen LogP contribution in [0.25, 0.3) is 0 Å². The lowest BCUT2D eigenvalue weighted by Crippen LogP contribution is -2.20. The van der Waals surface area contributed by atoms with Gasteiger partial charge < -0.3 is 0 Å². The van der Waals surface area contributed by atoms with E-state index in [2.05, 4.69) is 20.9 Å². The van der Waals surface area contributed by atoms with E-state index in [-0.39, 0.29) is 22.9 Å². The fraction of sp³-hybridized carbons (Fsp3) is 0.0909. The molecule has 0 saturated carbocycles. The van der Waals surface area contributed by atoms with Gasteiger partial charge in [-0.15, -0.1) is 0 Å². The minimum Gasteiger partial charge on any atom is -0.295 e. The van der Waals surface area contributed by atoms with Gasteiger partial charge in [-0.2, -0.15) is 0 Å². The minimum atomic E-state index is -0.482. The highest BCUT2D eigenvalue weighted by Gasteiger charge is 2.10. The summed E-state index contributed by atoms with van der Waals surface area (Å²) in [5.74, 6) is 0. The van der Waals surface area contributed by atoms with Crippen molar-refractivity contribution in [1.82, 2.24) is 9.55 Å². The number of nitrogens with zero attached hydrogens (tertiary/aromatic N) is 3. The van der Waals surface area contributed by atoms with Crippen LogP contribution >= 0.6 is 27.5 Å². The van der Waals surface area contributed by atoms with Gasteiger partial charge >= 0.3 is 0 Å². The minimum absolute atomic E-state index is 0.0165. The normalized spacial score (nSPS) is 10.4. The number of aromatic nitrogens is 2. The van der Waals surface area contributed by atoms with E-state index in [9.17, 15) is 14.9 Å². The van der Waals surface area contributed by atoms with Crippen LogP contribution in [-0.2, 0) is 6.54 Å². The maximum absolute atomic E-state index is 11.6. The Morgan fingerprint density at radius 2 is 2.16 bits per heavy atom. The molecular formula is C11H7BrClN3O3. The Hall–Kier alpha value is -1.73. The number of nitro benzene ring substituents is 1. The van der Waals surface area contributed by atoms with Crippen LogP contribution in [0.1, 0.15) is 5.56 Å². The predicted molar refractivity (Wildman–Crippen MR) is 73.4 cm³/mol. The van der Waals surface area contributed by atoms with Crippen molar-refractivity contribution in [3.63, 3.8) is 0 Å². The quantitative estimate of drug-likeness (QED) is 0.487. The molecule has 1 aromatic carbocycles. The van der Waals surface area contributed by atoms with Crippen molar-refractivity contribution < 1.29 is 4.92 Å². The van der Waals surface area contributed by atoms with Gasteiger partial charge in [0.25, 0.3) is 11.2 Å². The van der Waals surface area contributed by atoms with Crippen LogP contribution in [0.4, 0.5) is 5.69 Å². The molecule has 0 aliphatic rings. The molecule has 0 amide bonds. The molecule has 1 aromatic heterocycles. The maximum atomic E-state index is 11.6. The average molecular weight is 345 g/mol. The first-order valence-electron chi connectivity index (χ1n) is 5.12. The van der Waals surface area contributed by atoms with E-state index in [1.165, 1.54) is 29.1 Å². The molecule has 19 heavy (non-hydrogen) atoms. The largest absolute Gasteiger partial charge is 0.295 e. The van der Waals surface area contributed by atoms with Crippen molar-refractivity contribution in [3.05, 3.63) is 66.3 Å². The van der Waals surface area contributed by atoms with Gasteiger partial charge in [0.1, 0.15) is 5.15 Å². The molecule has 0 aliphatic heterocycles. The number of halogens is 2. The summed E-state index contributed by atoms with van der Waals surface area (Å²) in [6.45, 7) is 0.252. The summed E-state index contributed by atoms with van der Waals surface area (Å²) in [5.41, 5.74) is 0.430. The fourth-order valence-electron chi connectivity index (χ4n) is 1.48. The van der Waals surface area contributed by atoms with Crippen molar-refractivity contribution in [1.29, 1.82) is 0 Å². The van der Waals surface area contributed by atoms with Crippen LogP contribution in [0.15, 0.2) is 39.9 Å². The molecule has 0 atom stereocenters. The van der Waals surface area contributed by atoms with Crippen molar-refractivity contribution >= 4 is 33.2 Å². The number of hydrogen-bond donors (Lipinski definition) is 0. The highest BCUT2D eigenvalue weighted by atomic mass is 79.9. The van der Waals surface area contributed by atoms with E-state index >= 15 is 0 Å². The van der Waals surface area contributed by atoms with Crippen molar-refractivity contribution in [3.8, 4) is 0 Å². The Balaban J connectivity index is 2.33. The van der Waals surface area contributed by atoms with E-state index in [0.717, 1.165) is 5.56 Å². The summed E-state index contributed by atoms with van der Waals surface area (Å²) < 4.78 is 1.92. The zero-order valence-corrected chi connectivity index (χ0v) is 11.8. The molecule has 2 aromatic rings. The third kappa shape index (κ3) is 3.18. The average Bonchev–Trinajstić information content (AvgIpc) is 2.34. The van der Waals surface area contributed by atoms with Crippen molar-refractivity contribution in [2.75, 3.05) is 0 Å². The molecule has 0 radical (unpaired) electrons. The van der Waals surface area contributed by atoms with Crippen LogP contribution in [0.3, 0.4) is 0 Å². The Kier molecular flexibility index (Phi) is 3.96. The molecular weight excluding hydrogens is 337 g/mol. The van der Waals surface area contributed by atoms with Gasteiger partial charge in [0.05, 0.1) is 17.8 Å². The number of nitro groups is 1. The molecule has 8 heteroatoms. The zero-order chi connectivity index (χ0) is 14.0. The Labute approximate surface area is 120 Å². The topological polar surface area (TPSA) is 78.0 Å². The van der Waals surface area contributed by atoms with Crippen LogP contribution in [0, 0.1) is 10.1 Å². The number of benzene rings is 1. The summed E-state index contributed by atoms with van der Waals surface area (Å²) in [7, 11) is 0.